The minimum atomic E-state index is -3.75. The zero-order valence-electron chi connectivity index (χ0n) is 16.1. The Balaban J connectivity index is 1.60. The number of anilines is 1. The van der Waals surface area contributed by atoms with Crippen molar-refractivity contribution in [3.05, 3.63) is 70.7 Å². The molecule has 6 nitrogen and oxygen atoms in total. The van der Waals surface area contributed by atoms with Gasteiger partial charge in [0.2, 0.25) is 15.9 Å². The first kappa shape index (κ1) is 22.2. The number of benzene rings is 3. The second-order valence-electron chi connectivity index (χ2n) is 6.52. The van der Waals surface area contributed by atoms with Crippen molar-refractivity contribution in [2.75, 3.05) is 30.3 Å². The van der Waals surface area contributed by atoms with E-state index >= 15 is 0 Å². The molecule has 9 heteroatoms. The van der Waals surface area contributed by atoms with Crippen molar-refractivity contribution in [2.45, 2.75) is 0 Å². The Morgan fingerprint density at radius 1 is 1.03 bits per heavy atom. The highest BCUT2D eigenvalue weighted by Gasteiger charge is 2.23. The third-order valence-corrected chi connectivity index (χ3v) is 6.25. The molecule has 158 valence electrons. The standard InChI is InChI=1S/C21H20Cl2N2O4S/c1-30(27,28)25(18-10-5-9-17(22)21(18)23)14-20(26)24-12-13-29-19-11-4-7-15-6-2-3-8-16(15)19/h2-11H,12-14H2,1H3,(H,24,26). The molecular weight excluding hydrogens is 447 g/mol. The predicted molar refractivity (Wildman–Crippen MR) is 121 cm³/mol. The normalized spacial score (nSPS) is 11.3. The number of amides is 1. The van der Waals surface area contributed by atoms with Gasteiger partial charge in [-0.1, -0.05) is 65.7 Å². The molecular formula is C21H20Cl2N2O4S. The van der Waals surface area contributed by atoms with E-state index in [1.165, 1.54) is 6.07 Å². The van der Waals surface area contributed by atoms with Crippen LogP contribution in [-0.2, 0) is 14.8 Å². The van der Waals surface area contributed by atoms with Crippen LogP contribution in [0, 0.1) is 0 Å². The second-order valence-corrected chi connectivity index (χ2v) is 9.21. The van der Waals surface area contributed by atoms with Gasteiger partial charge in [-0.3, -0.25) is 9.10 Å². The molecule has 0 saturated heterocycles. The van der Waals surface area contributed by atoms with Crippen LogP contribution in [-0.4, -0.2) is 40.3 Å². The molecule has 0 saturated carbocycles. The summed E-state index contributed by atoms with van der Waals surface area (Å²) in [4.78, 5) is 12.3. The Kier molecular flexibility index (Phi) is 7.07. The van der Waals surface area contributed by atoms with Crippen molar-refractivity contribution in [1.82, 2.24) is 5.32 Å². The summed E-state index contributed by atoms with van der Waals surface area (Å²) >= 11 is 12.1. The summed E-state index contributed by atoms with van der Waals surface area (Å²) in [5, 5.41) is 4.96. The Morgan fingerprint density at radius 3 is 2.50 bits per heavy atom. The Hall–Kier alpha value is -2.48. The third kappa shape index (κ3) is 5.36. The number of carbonyl (C=O) groups is 1. The number of rotatable bonds is 8. The number of nitrogens with zero attached hydrogens (tertiary/aromatic N) is 1. The Labute approximate surface area is 185 Å². The molecule has 30 heavy (non-hydrogen) atoms. The van der Waals surface area contributed by atoms with Gasteiger partial charge in [0, 0.05) is 5.39 Å². The number of hydrogen-bond acceptors (Lipinski definition) is 4. The summed E-state index contributed by atoms with van der Waals surface area (Å²) in [6.07, 6.45) is 1.00. The van der Waals surface area contributed by atoms with Gasteiger partial charge in [-0.05, 0) is 23.6 Å². The Morgan fingerprint density at radius 2 is 1.73 bits per heavy atom. The summed E-state index contributed by atoms with van der Waals surface area (Å²) in [5.74, 6) is 0.226. The first-order chi connectivity index (χ1) is 14.3. The van der Waals surface area contributed by atoms with Crippen molar-refractivity contribution in [2.24, 2.45) is 0 Å². The van der Waals surface area contributed by atoms with Gasteiger partial charge in [0.25, 0.3) is 0 Å². The maximum Gasteiger partial charge on any atom is 0.240 e. The van der Waals surface area contributed by atoms with Crippen LogP contribution in [0.1, 0.15) is 0 Å². The number of ether oxygens (including phenoxy) is 1. The lowest BCUT2D eigenvalue weighted by Crippen LogP contribution is -2.41. The van der Waals surface area contributed by atoms with Crippen molar-refractivity contribution in [1.29, 1.82) is 0 Å². The number of fused-ring (bicyclic) bond motifs is 1. The molecule has 0 bridgehead atoms. The highest BCUT2D eigenvalue weighted by molar-refractivity contribution is 7.92. The molecule has 0 fully saturated rings. The lowest BCUT2D eigenvalue weighted by Gasteiger charge is -2.23. The first-order valence-electron chi connectivity index (χ1n) is 9.06. The zero-order chi connectivity index (χ0) is 21.7. The molecule has 3 rings (SSSR count). The summed E-state index contributed by atoms with van der Waals surface area (Å²) in [5.41, 5.74) is 0.147. The van der Waals surface area contributed by atoms with Gasteiger partial charge >= 0.3 is 0 Å². The monoisotopic (exact) mass is 466 g/mol. The van der Waals surface area contributed by atoms with E-state index in [0.29, 0.717) is 5.75 Å². The van der Waals surface area contributed by atoms with E-state index in [1.54, 1.807) is 12.1 Å². The van der Waals surface area contributed by atoms with Crippen molar-refractivity contribution >= 4 is 55.6 Å². The second kappa shape index (κ2) is 9.55. The largest absolute Gasteiger partial charge is 0.491 e. The molecule has 0 aliphatic rings. The lowest BCUT2D eigenvalue weighted by molar-refractivity contribution is -0.119. The number of hydrogen-bond donors (Lipinski definition) is 1. The molecule has 3 aromatic rings. The number of carbonyl (C=O) groups excluding carboxylic acids is 1. The van der Waals surface area contributed by atoms with Crippen molar-refractivity contribution in [3.8, 4) is 5.75 Å². The van der Waals surface area contributed by atoms with Crippen molar-refractivity contribution in [3.63, 3.8) is 0 Å². The van der Waals surface area contributed by atoms with Gasteiger partial charge in [-0.15, -0.1) is 0 Å². The highest BCUT2D eigenvalue weighted by atomic mass is 35.5. The summed E-state index contributed by atoms with van der Waals surface area (Å²) in [6, 6.07) is 18.2. The topological polar surface area (TPSA) is 75.7 Å². The van der Waals surface area contributed by atoms with Crippen LogP contribution >= 0.6 is 23.2 Å². The van der Waals surface area contributed by atoms with Crippen LogP contribution in [0.3, 0.4) is 0 Å². The average molecular weight is 467 g/mol. The molecule has 1 amide bonds. The Bertz CT molecular complexity index is 1160. The van der Waals surface area contributed by atoms with Gasteiger partial charge in [-0.2, -0.15) is 0 Å². The molecule has 0 aliphatic heterocycles. The van der Waals surface area contributed by atoms with E-state index in [4.69, 9.17) is 27.9 Å². The predicted octanol–water partition coefficient (Wildman–Crippen LogP) is 4.11. The van der Waals surface area contributed by atoms with Gasteiger partial charge in [-0.25, -0.2) is 8.42 Å². The minimum Gasteiger partial charge on any atom is -0.491 e. The van der Waals surface area contributed by atoms with E-state index in [-0.39, 0.29) is 28.9 Å². The third-order valence-electron chi connectivity index (χ3n) is 4.32. The van der Waals surface area contributed by atoms with E-state index in [2.05, 4.69) is 5.32 Å². The van der Waals surface area contributed by atoms with Crippen molar-refractivity contribution < 1.29 is 17.9 Å². The van der Waals surface area contributed by atoms with Gasteiger partial charge in [0.05, 0.1) is 28.5 Å². The summed E-state index contributed by atoms with van der Waals surface area (Å²) < 4.78 is 31.1. The number of halogens is 2. The SMILES string of the molecule is CS(=O)(=O)N(CC(=O)NCCOc1cccc2ccccc12)c1cccc(Cl)c1Cl. The molecule has 0 unspecified atom stereocenters. The van der Waals surface area contributed by atoms with E-state index in [1.807, 2.05) is 42.5 Å². The summed E-state index contributed by atoms with van der Waals surface area (Å²) in [7, 11) is -3.75. The average Bonchev–Trinajstić information content (AvgIpc) is 2.71. The molecule has 0 radical (unpaired) electrons. The quantitative estimate of drug-likeness (QED) is 0.506. The highest BCUT2D eigenvalue weighted by Crippen LogP contribution is 2.33. The van der Waals surface area contributed by atoms with Crippen LogP contribution in [0.2, 0.25) is 10.0 Å². The molecule has 3 aromatic carbocycles. The maximum atomic E-state index is 12.3. The van der Waals surface area contributed by atoms with Crippen LogP contribution in [0.25, 0.3) is 10.8 Å². The molecule has 0 aromatic heterocycles. The maximum absolute atomic E-state index is 12.3. The van der Waals surface area contributed by atoms with E-state index < -0.39 is 22.5 Å². The van der Waals surface area contributed by atoms with Crippen LogP contribution in [0.15, 0.2) is 60.7 Å². The molecule has 0 aliphatic carbocycles. The van der Waals surface area contributed by atoms with Crippen LogP contribution < -0.4 is 14.4 Å². The molecule has 1 N–H and O–H groups in total. The fraction of sp³-hybridized carbons (Fsp3) is 0.190. The van der Waals surface area contributed by atoms with Gasteiger partial charge < -0.3 is 10.1 Å². The lowest BCUT2D eigenvalue weighted by atomic mass is 10.1. The van der Waals surface area contributed by atoms with Crippen LogP contribution in [0.5, 0.6) is 5.75 Å². The molecule has 0 heterocycles. The minimum absolute atomic E-state index is 0.0664. The van der Waals surface area contributed by atoms with Gasteiger partial charge in [0.15, 0.2) is 0 Å². The number of sulfonamides is 1. The van der Waals surface area contributed by atoms with Gasteiger partial charge in [0.1, 0.15) is 18.9 Å². The summed E-state index contributed by atoms with van der Waals surface area (Å²) in [6.45, 7) is 0.0205. The van der Waals surface area contributed by atoms with Crippen LogP contribution in [0.4, 0.5) is 5.69 Å². The zero-order valence-corrected chi connectivity index (χ0v) is 18.5. The van der Waals surface area contributed by atoms with E-state index in [9.17, 15) is 13.2 Å². The first-order valence-corrected chi connectivity index (χ1v) is 11.7. The number of nitrogens with one attached hydrogen (secondary N) is 1. The molecule has 0 atom stereocenters. The smallest absolute Gasteiger partial charge is 0.240 e. The fourth-order valence-corrected chi connectivity index (χ4v) is 4.23. The molecule has 0 spiro atoms. The fourth-order valence-electron chi connectivity index (χ4n) is 2.93. The van der Waals surface area contributed by atoms with E-state index in [0.717, 1.165) is 21.3 Å².